The average Bonchev–Trinajstić information content (AvgIpc) is 2.34. The summed E-state index contributed by atoms with van der Waals surface area (Å²) in [4.78, 5) is 13.3. The fourth-order valence-corrected chi connectivity index (χ4v) is 1.43. The van der Waals surface area contributed by atoms with Crippen molar-refractivity contribution in [1.82, 2.24) is 4.90 Å². The second-order valence-corrected chi connectivity index (χ2v) is 3.99. The van der Waals surface area contributed by atoms with Crippen LogP contribution in [-0.2, 0) is 0 Å². The van der Waals surface area contributed by atoms with Gasteiger partial charge in [0.05, 0.1) is 0 Å². The normalized spacial score (nSPS) is 9.33. The van der Waals surface area contributed by atoms with Crippen LogP contribution in [0.25, 0.3) is 0 Å². The molecule has 0 unspecified atom stereocenters. The number of rotatable bonds is 2. The van der Waals surface area contributed by atoms with Crippen LogP contribution < -0.4 is 5.32 Å². The fraction of sp³-hybridized carbons (Fsp3) is 0.357. The summed E-state index contributed by atoms with van der Waals surface area (Å²) in [6, 6.07) is 5.42. The molecule has 4 nitrogen and oxygen atoms in total. The standard InChI is InChI=1S/C14H18N2O2/c1-4-16(3)14(18)15-13-9-11(2)8-12(10-13)6-5-7-17/h8-10,17H,4,7H2,1-3H3,(H,15,18). The number of amides is 2. The summed E-state index contributed by atoms with van der Waals surface area (Å²) in [5.74, 6) is 5.42. The molecule has 0 aliphatic heterocycles. The van der Waals surface area contributed by atoms with Gasteiger partial charge in [0.15, 0.2) is 0 Å². The largest absolute Gasteiger partial charge is 0.384 e. The third-order valence-corrected chi connectivity index (χ3v) is 2.46. The fourth-order valence-electron chi connectivity index (χ4n) is 1.43. The van der Waals surface area contributed by atoms with E-state index in [1.54, 1.807) is 18.0 Å². The minimum absolute atomic E-state index is 0.149. The van der Waals surface area contributed by atoms with Crippen molar-refractivity contribution in [2.45, 2.75) is 13.8 Å². The van der Waals surface area contributed by atoms with Gasteiger partial charge in [-0.3, -0.25) is 0 Å². The second-order valence-electron chi connectivity index (χ2n) is 3.99. The lowest BCUT2D eigenvalue weighted by Crippen LogP contribution is -2.30. The number of aryl methyl sites for hydroxylation is 1. The van der Waals surface area contributed by atoms with Gasteiger partial charge in [-0.1, -0.05) is 11.8 Å². The molecule has 2 N–H and O–H groups in total. The van der Waals surface area contributed by atoms with Crippen LogP contribution in [0.15, 0.2) is 18.2 Å². The molecule has 0 radical (unpaired) electrons. The van der Waals surface area contributed by atoms with Gasteiger partial charge < -0.3 is 15.3 Å². The van der Waals surface area contributed by atoms with Gasteiger partial charge in [0.1, 0.15) is 6.61 Å². The number of benzene rings is 1. The minimum atomic E-state index is -0.172. The zero-order valence-electron chi connectivity index (χ0n) is 10.9. The Balaban J connectivity index is 2.89. The Morgan fingerprint density at radius 1 is 1.44 bits per heavy atom. The van der Waals surface area contributed by atoms with E-state index in [1.807, 2.05) is 26.0 Å². The van der Waals surface area contributed by atoms with Crippen LogP contribution in [0.4, 0.5) is 10.5 Å². The first kappa shape index (κ1) is 14.1. The van der Waals surface area contributed by atoms with Gasteiger partial charge in [-0.2, -0.15) is 0 Å². The number of hydrogen-bond donors (Lipinski definition) is 2. The highest BCUT2D eigenvalue weighted by atomic mass is 16.2. The lowest BCUT2D eigenvalue weighted by Gasteiger charge is -2.15. The molecule has 0 spiro atoms. The van der Waals surface area contributed by atoms with Crippen LogP contribution in [0.5, 0.6) is 0 Å². The van der Waals surface area contributed by atoms with Crippen molar-refractivity contribution in [1.29, 1.82) is 0 Å². The average molecular weight is 246 g/mol. The van der Waals surface area contributed by atoms with E-state index in [2.05, 4.69) is 17.2 Å². The van der Waals surface area contributed by atoms with Crippen LogP contribution in [-0.4, -0.2) is 36.2 Å². The third kappa shape index (κ3) is 4.11. The van der Waals surface area contributed by atoms with E-state index in [9.17, 15) is 4.79 Å². The van der Waals surface area contributed by atoms with Crippen molar-refractivity contribution in [3.05, 3.63) is 29.3 Å². The molecule has 0 saturated carbocycles. The van der Waals surface area contributed by atoms with Gasteiger partial charge in [-0.05, 0) is 37.6 Å². The summed E-state index contributed by atoms with van der Waals surface area (Å²) < 4.78 is 0. The minimum Gasteiger partial charge on any atom is -0.384 e. The maximum absolute atomic E-state index is 11.7. The van der Waals surface area contributed by atoms with Crippen LogP contribution in [0.3, 0.4) is 0 Å². The maximum Gasteiger partial charge on any atom is 0.321 e. The van der Waals surface area contributed by atoms with E-state index < -0.39 is 0 Å². The number of nitrogens with zero attached hydrogens (tertiary/aromatic N) is 1. The molecule has 0 bridgehead atoms. The summed E-state index contributed by atoms with van der Waals surface area (Å²) in [7, 11) is 1.73. The Kier molecular flexibility index (Phi) is 5.22. The Labute approximate surface area is 108 Å². The maximum atomic E-state index is 11.7. The number of aliphatic hydroxyl groups is 1. The monoisotopic (exact) mass is 246 g/mol. The van der Waals surface area contributed by atoms with Crippen molar-refractivity contribution in [2.24, 2.45) is 0 Å². The number of carbonyl (C=O) groups is 1. The second kappa shape index (κ2) is 6.67. The molecule has 18 heavy (non-hydrogen) atoms. The number of urea groups is 1. The zero-order valence-corrected chi connectivity index (χ0v) is 10.9. The molecule has 0 atom stereocenters. The highest BCUT2D eigenvalue weighted by Gasteiger charge is 2.06. The Morgan fingerprint density at radius 3 is 2.78 bits per heavy atom. The number of hydrogen-bond acceptors (Lipinski definition) is 2. The zero-order chi connectivity index (χ0) is 13.5. The van der Waals surface area contributed by atoms with Crippen LogP contribution >= 0.6 is 0 Å². The van der Waals surface area contributed by atoms with E-state index in [0.29, 0.717) is 12.2 Å². The first-order valence-corrected chi connectivity index (χ1v) is 5.80. The predicted octanol–water partition coefficient (Wildman–Crippen LogP) is 1.82. The SMILES string of the molecule is CCN(C)C(=O)Nc1cc(C)cc(C#CCO)c1. The molecule has 0 aromatic heterocycles. The number of anilines is 1. The molecule has 2 amide bonds. The Bertz CT molecular complexity index is 486. The molecule has 4 heteroatoms. The molecule has 96 valence electrons. The van der Waals surface area contributed by atoms with Crippen molar-refractivity contribution >= 4 is 11.7 Å². The first-order valence-electron chi connectivity index (χ1n) is 5.80. The van der Waals surface area contributed by atoms with Gasteiger partial charge in [-0.15, -0.1) is 0 Å². The Morgan fingerprint density at radius 2 is 2.17 bits per heavy atom. The predicted molar refractivity (Wildman–Crippen MR) is 72.5 cm³/mol. The lowest BCUT2D eigenvalue weighted by atomic mass is 10.1. The van der Waals surface area contributed by atoms with E-state index in [0.717, 1.165) is 11.1 Å². The third-order valence-electron chi connectivity index (χ3n) is 2.46. The van der Waals surface area contributed by atoms with E-state index in [4.69, 9.17) is 5.11 Å². The summed E-state index contributed by atoms with van der Waals surface area (Å²) >= 11 is 0. The number of aliphatic hydroxyl groups excluding tert-OH is 1. The van der Waals surface area contributed by atoms with E-state index in [-0.39, 0.29) is 12.6 Å². The van der Waals surface area contributed by atoms with Gasteiger partial charge in [-0.25, -0.2) is 4.79 Å². The van der Waals surface area contributed by atoms with Crippen LogP contribution in [0.1, 0.15) is 18.1 Å². The molecular weight excluding hydrogens is 228 g/mol. The molecule has 1 aromatic carbocycles. The summed E-state index contributed by atoms with van der Waals surface area (Å²) in [5.41, 5.74) is 2.50. The summed E-state index contributed by atoms with van der Waals surface area (Å²) in [6.07, 6.45) is 0. The van der Waals surface area contributed by atoms with Crippen molar-refractivity contribution in [3.8, 4) is 11.8 Å². The lowest BCUT2D eigenvalue weighted by molar-refractivity contribution is 0.224. The first-order chi connectivity index (χ1) is 8.56. The van der Waals surface area contributed by atoms with Crippen molar-refractivity contribution in [3.63, 3.8) is 0 Å². The molecule has 0 aliphatic carbocycles. The quantitative estimate of drug-likeness (QED) is 0.782. The smallest absolute Gasteiger partial charge is 0.321 e. The van der Waals surface area contributed by atoms with Gasteiger partial charge in [0.2, 0.25) is 0 Å². The molecule has 1 rings (SSSR count). The van der Waals surface area contributed by atoms with E-state index in [1.165, 1.54) is 0 Å². The molecule has 0 aliphatic rings. The van der Waals surface area contributed by atoms with Gasteiger partial charge in [0.25, 0.3) is 0 Å². The summed E-state index contributed by atoms with van der Waals surface area (Å²) in [6.45, 7) is 4.32. The van der Waals surface area contributed by atoms with Crippen molar-refractivity contribution < 1.29 is 9.90 Å². The number of nitrogens with one attached hydrogen (secondary N) is 1. The molecule has 0 heterocycles. The molecule has 0 fully saturated rings. The Hall–Kier alpha value is -1.99. The van der Waals surface area contributed by atoms with Crippen molar-refractivity contribution in [2.75, 3.05) is 25.5 Å². The van der Waals surface area contributed by atoms with Gasteiger partial charge >= 0.3 is 6.03 Å². The number of carbonyl (C=O) groups excluding carboxylic acids is 1. The van der Waals surface area contributed by atoms with Gasteiger partial charge in [0, 0.05) is 24.8 Å². The topological polar surface area (TPSA) is 52.6 Å². The van der Waals surface area contributed by atoms with Crippen LogP contribution in [0.2, 0.25) is 0 Å². The highest BCUT2D eigenvalue weighted by Crippen LogP contribution is 2.14. The van der Waals surface area contributed by atoms with Crippen LogP contribution in [0, 0.1) is 18.8 Å². The highest BCUT2D eigenvalue weighted by molar-refractivity contribution is 5.89. The molecule has 0 saturated heterocycles. The summed E-state index contributed by atoms with van der Waals surface area (Å²) in [5, 5.41) is 11.5. The molecule has 1 aromatic rings. The molecular formula is C14H18N2O2. The van der Waals surface area contributed by atoms with E-state index >= 15 is 0 Å².